The normalized spacial score (nSPS) is 18.1. The summed E-state index contributed by atoms with van der Waals surface area (Å²) in [5, 5.41) is 10.3. The van der Waals surface area contributed by atoms with Gasteiger partial charge in [0.2, 0.25) is 5.91 Å². The molecule has 3 nitrogen and oxygen atoms in total. The average Bonchev–Trinajstić information content (AvgIpc) is 2.48. The van der Waals surface area contributed by atoms with Gasteiger partial charge in [-0.25, -0.2) is 4.39 Å². The van der Waals surface area contributed by atoms with Crippen LogP contribution in [0.25, 0.3) is 0 Å². The number of amides is 1. The molecule has 0 spiro atoms. The number of halogens is 1. The van der Waals surface area contributed by atoms with Crippen molar-refractivity contribution >= 4 is 18.5 Å². The topological polar surface area (TPSA) is 40.5 Å². The number of nitrogens with zero attached hydrogens (tertiary/aromatic N) is 1. The van der Waals surface area contributed by atoms with Crippen LogP contribution in [0.2, 0.25) is 0 Å². The van der Waals surface area contributed by atoms with Crippen molar-refractivity contribution in [3.8, 4) is 0 Å². The lowest BCUT2D eigenvalue weighted by Crippen LogP contribution is -2.39. The van der Waals surface area contributed by atoms with Crippen LogP contribution in [-0.4, -0.2) is 34.8 Å². The minimum atomic E-state index is -0.585. The lowest BCUT2D eigenvalue weighted by molar-refractivity contribution is -0.132. The third kappa shape index (κ3) is 3.73. The molecule has 1 aliphatic heterocycles. The van der Waals surface area contributed by atoms with E-state index in [9.17, 15) is 14.3 Å². The number of aliphatic hydroxyl groups is 1. The predicted octanol–water partition coefficient (Wildman–Crippen LogP) is 2.42. The summed E-state index contributed by atoms with van der Waals surface area (Å²) in [4.78, 5) is 13.6. The highest BCUT2D eigenvalue weighted by Gasteiger charge is 2.27. The SMILES string of the molecule is O=C(CCS)N1CCC(C(O)c2ccc(F)cc2)CC1. The second-order valence-corrected chi connectivity index (χ2v) is 5.64. The van der Waals surface area contributed by atoms with Crippen molar-refractivity contribution in [3.63, 3.8) is 0 Å². The van der Waals surface area contributed by atoms with E-state index >= 15 is 0 Å². The first-order valence-electron chi connectivity index (χ1n) is 6.94. The van der Waals surface area contributed by atoms with Gasteiger partial charge in [0.25, 0.3) is 0 Å². The van der Waals surface area contributed by atoms with E-state index in [2.05, 4.69) is 12.6 Å². The summed E-state index contributed by atoms with van der Waals surface area (Å²) < 4.78 is 12.9. The Morgan fingerprint density at radius 1 is 1.35 bits per heavy atom. The maximum Gasteiger partial charge on any atom is 0.223 e. The first kappa shape index (κ1) is 15.3. The molecule has 1 saturated heterocycles. The maximum absolute atomic E-state index is 12.9. The summed E-state index contributed by atoms with van der Waals surface area (Å²) in [5.41, 5.74) is 0.742. The predicted molar refractivity (Wildman–Crippen MR) is 79.1 cm³/mol. The minimum Gasteiger partial charge on any atom is -0.388 e. The fourth-order valence-corrected chi connectivity index (χ4v) is 2.84. The first-order valence-corrected chi connectivity index (χ1v) is 7.57. The molecule has 0 saturated carbocycles. The number of benzene rings is 1. The Bertz CT molecular complexity index is 444. The Balaban J connectivity index is 1.90. The summed E-state index contributed by atoms with van der Waals surface area (Å²) in [6, 6.07) is 5.98. The van der Waals surface area contributed by atoms with E-state index in [1.54, 1.807) is 12.1 Å². The van der Waals surface area contributed by atoms with Crippen LogP contribution < -0.4 is 0 Å². The summed E-state index contributed by atoms with van der Waals surface area (Å²) >= 11 is 4.07. The number of carbonyl (C=O) groups excluding carboxylic acids is 1. The van der Waals surface area contributed by atoms with Gasteiger partial charge in [-0.1, -0.05) is 12.1 Å². The van der Waals surface area contributed by atoms with E-state index in [1.807, 2.05) is 4.90 Å². The van der Waals surface area contributed by atoms with E-state index in [-0.39, 0.29) is 17.6 Å². The Hall–Kier alpha value is -1.07. The smallest absolute Gasteiger partial charge is 0.223 e. The molecule has 0 radical (unpaired) electrons. The van der Waals surface area contributed by atoms with Crippen molar-refractivity contribution in [1.82, 2.24) is 4.90 Å². The molecular formula is C15H20FNO2S. The Labute approximate surface area is 124 Å². The second kappa shape index (κ2) is 7.09. The number of piperidine rings is 1. The van der Waals surface area contributed by atoms with Crippen molar-refractivity contribution in [2.75, 3.05) is 18.8 Å². The van der Waals surface area contributed by atoms with Gasteiger partial charge in [0.05, 0.1) is 6.10 Å². The molecule has 0 bridgehead atoms. The zero-order chi connectivity index (χ0) is 14.5. The zero-order valence-corrected chi connectivity index (χ0v) is 12.2. The number of hydrogen-bond acceptors (Lipinski definition) is 3. The number of aliphatic hydroxyl groups excluding tert-OH is 1. The minimum absolute atomic E-state index is 0.125. The van der Waals surface area contributed by atoms with Crippen LogP contribution in [0.15, 0.2) is 24.3 Å². The molecular weight excluding hydrogens is 277 g/mol. The van der Waals surface area contributed by atoms with Crippen molar-refractivity contribution < 1.29 is 14.3 Å². The van der Waals surface area contributed by atoms with Crippen LogP contribution >= 0.6 is 12.6 Å². The summed E-state index contributed by atoms with van der Waals surface area (Å²) in [6.07, 6.45) is 1.43. The van der Waals surface area contributed by atoms with Gasteiger partial charge in [0.15, 0.2) is 0 Å². The monoisotopic (exact) mass is 297 g/mol. The van der Waals surface area contributed by atoms with E-state index in [0.717, 1.165) is 18.4 Å². The van der Waals surface area contributed by atoms with E-state index in [0.29, 0.717) is 25.3 Å². The van der Waals surface area contributed by atoms with Crippen LogP contribution in [0, 0.1) is 11.7 Å². The van der Waals surface area contributed by atoms with Gasteiger partial charge in [-0.2, -0.15) is 12.6 Å². The quantitative estimate of drug-likeness (QED) is 0.838. The Morgan fingerprint density at radius 2 is 1.95 bits per heavy atom. The molecule has 1 aromatic carbocycles. The molecule has 2 rings (SSSR count). The Morgan fingerprint density at radius 3 is 2.50 bits per heavy atom. The summed E-state index contributed by atoms with van der Waals surface area (Å²) in [6.45, 7) is 1.35. The number of thiol groups is 1. The van der Waals surface area contributed by atoms with Crippen LogP contribution in [0.3, 0.4) is 0 Å². The van der Waals surface area contributed by atoms with Crippen LogP contribution in [0.1, 0.15) is 30.9 Å². The average molecular weight is 297 g/mol. The van der Waals surface area contributed by atoms with Gasteiger partial charge in [0.1, 0.15) is 5.82 Å². The van der Waals surface area contributed by atoms with Crippen molar-refractivity contribution in [3.05, 3.63) is 35.6 Å². The standard InChI is InChI=1S/C15H20FNO2S/c16-13-3-1-11(2-4-13)15(19)12-5-8-17(9-6-12)14(18)7-10-20/h1-4,12,15,19-20H,5-10H2. The Kier molecular flexibility index (Phi) is 5.43. The molecule has 1 N–H and O–H groups in total. The van der Waals surface area contributed by atoms with Crippen molar-refractivity contribution in [1.29, 1.82) is 0 Å². The van der Waals surface area contributed by atoms with E-state index in [4.69, 9.17) is 0 Å². The highest BCUT2D eigenvalue weighted by molar-refractivity contribution is 7.80. The zero-order valence-electron chi connectivity index (χ0n) is 11.3. The van der Waals surface area contributed by atoms with E-state index < -0.39 is 6.10 Å². The van der Waals surface area contributed by atoms with Gasteiger partial charge < -0.3 is 10.0 Å². The van der Waals surface area contributed by atoms with Gasteiger partial charge in [-0.05, 0) is 42.2 Å². The molecule has 1 amide bonds. The fourth-order valence-electron chi connectivity index (χ4n) is 2.65. The van der Waals surface area contributed by atoms with Crippen LogP contribution in [0.4, 0.5) is 4.39 Å². The molecule has 1 unspecified atom stereocenters. The number of likely N-dealkylation sites (tertiary alicyclic amines) is 1. The van der Waals surface area contributed by atoms with Gasteiger partial charge in [-0.15, -0.1) is 0 Å². The van der Waals surface area contributed by atoms with Crippen molar-refractivity contribution in [2.24, 2.45) is 5.92 Å². The maximum atomic E-state index is 12.9. The first-order chi connectivity index (χ1) is 9.61. The van der Waals surface area contributed by atoms with Gasteiger partial charge in [0, 0.05) is 19.5 Å². The fraction of sp³-hybridized carbons (Fsp3) is 0.533. The molecule has 5 heteroatoms. The molecule has 1 aromatic rings. The highest BCUT2D eigenvalue weighted by Crippen LogP contribution is 2.30. The molecule has 1 heterocycles. The van der Waals surface area contributed by atoms with Gasteiger partial charge in [-0.3, -0.25) is 4.79 Å². The van der Waals surface area contributed by atoms with Gasteiger partial charge >= 0.3 is 0 Å². The summed E-state index contributed by atoms with van der Waals surface area (Å²) in [5.74, 6) is 0.528. The molecule has 0 aliphatic carbocycles. The molecule has 0 aromatic heterocycles. The molecule has 20 heavy (non-hydrogen) atoms. The largest absolute Gasteiger partial charge is 0.388 e. The van der Waals surface area contributed by atoms with Crippen molar-refractivity contribution in [2.45, 2.75) is 25.4 Å². The third-order valence-electron chi connectivity index (χ3n) is 3.88. The third-order valence-corrected chi connectivity index (χ3v) is 4.10. The number of hydrogen-bond donors (Lipinski definition) is 2. The van der Waals surface area contributed by atoms with Crippen LogP contribution in [0.5, 0.6) is 0 Å². The van der Waals surface area contributed by atoms with E-state index in [1.165, 1.54) is 12.1 Å². The molecule has 1 fully saturated rings. The molecule has 110 valence electrons. The lowest BCUT2D eigenvalue weighted by Gasteiger charge is -2.34. The lowest BCUT2D eigenvalue weighted by atomic mass is 9.87. The van der Waals surface area contributed by atoms with Crippen LogP contribution in [-0.2, 0) is 4.79 Å². The second-order valence-electron chi connectivity index (χ2n) is 5.19. The number of carbonyl (C=O) groups is 1. The molecule has 1 atom stereocenters. The summed E-state index contributed by atoms with van der Waals surface area (Å²) in [7, 11) is 0. The number of rotatable bonds is 4. The molecule has 1 aliphatic rings. The highest BCUT2D eigenvalue weighted by atomic mass is 32.1.